The molecule has 3 aromatic heterocycles. The van der Waals surface area contributed by atoms with Gasteiger partial charge in [-0.15, -0.1) is 16.4 Å². The van der Waals surface area contributed by atoms with Gasteiger partial charge >= 0.3 is 0 Å². The second-order valence-corrected chi connectivity index (χ2v) is 7.56. The van der Waals surface area contributed by atoms with Crippen molar-refractivity contribution in [1.29, 1.82) is 0 Å². The van der Waals surface area contributed by atoms with Gasteiger partial charge in [0.1, 0.15) is 0 Å². The van der Waals surface area contributed by atoms with E-state index >= 15 is 0 Å². The molecule has 1 aromatic carbocycles. The summed E-state index contributed by atoms with van der Waals surface area (Å²) in [5, 5.41) is 10.3. The van der Waals surface area contributed by atoms with E-state index in [9.17, 15) is 4.79 Å². The zero-order chi connectivity index (χ0) is 17.4. The number of thiazole rings is 1. The molecule has 0 aliphatic carbocycles. The fourth-order valence-corrected chi connectivity index (χ4v) is 4.07. The van der Waals surface area contributed by atoms with Crippen LogP contribution < -0.4 is 5.56 Å². The topological polar surface area (TPSA) is 75.9 Å². The van der Waals surface area contributed by atoms with Crippen molar-refractivity contribution in [2.24, 2.45) is 0 Å². The molecule has 6 nitrogen and oxygen atoms in total. The number of H-pyrrole nitrogens is 1. The average Bonchev–Trinajstić information content (AvgIpc) is 3.21. The number of hydrogen-bond acceptors (Lipinski definition) is 6. The lowest BCUT2D eigenvalue weighted by atomic mass is 10.2. The summed E-state index contributed by atoms with van der Waals surface area (Å²) in [5.41, 5.74) is 2.47. The van der Waals surface area contributed by atoms with Gasteiger partial charge in [-0.2, -0.15) is 0 Å². The fourth-order valence-electron chi connectivity index (χ4n) is 2.36. The Hall–Kier alpha value is -2.16. The Morgan fingerprint density at radius 2 is 2.08 bits per heavy atom. The molecule has 4 aromatic rings. The monoisotopic (exact) mass is 389 g/mol. The number of thioether (sulfide) groups is 1. The molecular formula is C16H12ClN5OS2. The first-order chi connectivity index (χ1) is 12.1. The van der Waals surface area contributed by atoms with Crippen LogP contribution in [0.2, 0.25) is 5.02 Å². The maximum atomic E-state index is 12.2. The van der Waals surface area contributed by atoms with Gasteiger partial charge in [-0.05, 0) is 31.2 Å². The van der Waals surface area contributed by atoms with Crippen LogP contribution in [-0.2, 0) is 5.75 Å². The van der Waals surface area contributed by atoms with Crippen molar-refractivity contribution in [2.75, 3.05) is 0 Å². The number of nitrogens with one attached hydrogen (secondary N) is 1. The van der Waals surface area contributed by atoms with Crippen molar-refractivity contribution in [2.45, 2.75) is 17.8 Å². The second kappa shape index (κ2) is 6.62. The Bertz CT molecular complexity index is 1100. The zero-order valence-corrected chi connectivity index (χ0v) is 15.5. The molecule has 126 valence electrons. The van der Waals surface area contributed by atoms with Gasteiger partial charge in [0.15, 0.2) is 10.8 Å². The predicted molar refractivity (Wildman–Crippen MR) is 100 cm³/mol. The molecule has 0 amide bonds. The number of fused-ring (bicyclic) bond motifs is 1. The normalized spacial score (nSPS) is 11.3. The van der Waals surface area contributed by atoms with E-state index in [1.807, 2.05) is 36.6 Å². The first-order valence-electron chi connectivity index (χ1n) is 7.38. The lowest BCUT2D eigenvalue weighted by Gasteiger charge is -1.99. The van der Waals surface area contributed by atoms with Crippen LogP contribution in [0.5, 0.6) is 0 Å². The van der Waals surface area contributed by atoms with Gasteiger partial charge in [0.2, 0.25) is 5.16 Å². The third-order valence-electron chi connectivity index (χ3n) is 3.56. The Morgan fingerprint density at radius 3 is 2.88 bits per heavy atom. The SMILES string of the molecule is Cc1csc2nc(CSc3n[nH]c(-c4ccc(Cl)cc4)n3)cc(=O)n12. The van der Waals surface area contributed by atoms with E-state index < -0.39 is 0 Å². The molecule has 0 saturated carbocycles. The molecule has 0 bridgehead atoms. The van der Waals surface area contributed by atoms with E-state index in [4.69, 9.17) is 11.6 Å². The maximum absolute atomic E-state index is 12.2. The van der Waals surface area contributed by atoms with Crippen molar-refractivity contribution >= 4 is 39.7 Å². The third-order valence-corrected chi connectivity index (χ3v) is 5.64. The molecule has 0 spiro atoms. The minimum Gasteiger partial charge on any atom is -0.269 e. The van der Waals surface area contributed by atoms with Gasteiger partial charge in [-0.3, -0.25) is 14.3 Å². The first-order valence-corrected chi connectivity index (χ1v) is 9.62. The summed E-state index contributed by atoms with van der Waals surface area (Å²) in [5.74, 6) is 1.21. The molecule has 4 rings (SSSR count). The van der Waals surface area contributed by atoms with Crippen LogP contribution in [0.15, 0.2) is 45.7 Å². The van der Waals surface area contributed by atoms with Crippen LogP contribution in [0.1, 0.15) is 11.4 Å². The second-order valence-electron chi connectivity index (χ2n) is 5.34. The van der Waals surface area contributed by atoms with E-state index in [1.54, 1.807) is 10.5 Å². The van der Waals surface area contributed by atoms with Crippen molar-refractivity contribution in [3.05, 3.63) is 62.5 Å². The number of aromatic nitrogens is 5. The number of aryl methyl sites for hydroxylation is 1. The van der Waals surface area contributed by atoms with Gasteiger partial charge in [0.05, 0.1) is 5.69 Å². The third kappa shape index (κ3) is 3.33. The summed E-state index contributed by atoms with van der Waals surface area (Å²) in [6.07, 6.45) is 0. The van der Waals surface area contributed by atoms with E-state index in [-0.39, 0.29) is 5.56 Å². The number of nitrogens with zero attached hydrogens (tertiary/aromatic N) is 4. The van der Waals surface area contributed by atoms with Gasteiger partial charge < -0.3 is 0 Å². The van der Waals surface area contributed by atoms with Gasteiger partial charge in [-0.1, -0.05) is 23.4 Å². The smallest absolute Gasteiger partial charge is 0.258 e. The number of hydrogen-bond donors (Lipinski definition) is 1. The Kier molecular flexibility index (Phi) is 4.32. The first kappa shape index (κ1) is 16.3. The molecule has 0 radical (unpaired) electrons. The molecule has 0 aliphatic rings. The van der Waals surface area contributed by atoms with Crippen molar-refractivity contribution < 1.29 is 0 Å². The zero-order valence-electron chi connectivity index (χ0n) is 13.1. The van der Waals surface area contributed by atoms with Crippen molar-refractivity contribution in [3.63, 3.8) is 0 Å². The van der Waals surface area contributed by atoms with E-state index in [2.05, 4.69) is 20.2 Å². The number of halogens is 1. The molecule has 0 aliphatic heterocycles. The van der Waals surface area contributed by atoms with Crippen molar-refractivity contribution in [3.8, 4) is 11.4 Å². The Labute approximate surface area is 155 Å². The summed E-state index contributed by atoms with van der Waals surface area (Å²) in [6, 6.07) is 8.94. The molecule has 1 N–H and O–H groups in total. The predicted octanol–water partition coefficient (Wildman–Crippen LogP) is 3.80. The van der Waals surface area contributed by atoms with E-state index in [0.29, 0.717) is 26.7 Å². The Balaban J connectivity index is 1.52. The Morgan fingerprint density at radius 1 is 1.28 bits per heavy atom. The fraction of sp³-hybridized carbons (Fsp3) is 0.125. The minimum atomic E-state index is -0.0591. The quantitative estimate of drug-likeness (QED) is 0.537. The lowest BCUT2D eigenvalue weighted by molar-refractivity contribution is 0.967. The van der Waals surface area contributed by atoms with Crippen LogP contribution in [0.25, 0.3) is 16.3 Å². The molecule has 0 fully saturated rings. The van der Waals surface area contributed by atoms with Crippen LogP contribution in [0.4, 0.5) is 0 Å². The van der Waals surface area contributed by atoms with Crippen molar-refractivity contribution in [1.82, 2.24) is 24.6 Å². The highest BCUT2D eigenvalue weighted by atomic mass is 35.5. The molecule has 25 heavy (non-hydrogen) atoms. The van der Waals surface area contributed by atoms with Gasteiger partial charge in [-0.25, -0.2) is 9.97 Å². The summed E-state index contributed by atoms with van der Waals surface area (Å²) in [4.78, 5) is 21.9. The van der Waals surface area contributed by atoms with Gasteiger partial charge in [0, 0.05) is 33.5 Å². The number of rotatable bonds is 4. The molecule has 0 atom stereocenters. The summed E-state index contributed by atoms with van der Waals surface area (Å²) in [7, 11) is 0. The minimum absolute atomic E-state index is 0.0591. The van der Waals surface area contributed by atoms with E-state index in [0.717, 1.165) is 17.0 Å². The highest BCUT2D eigenvalue weighted by Crippen LogP contribution is 2.23. The highest BCUT2D eigenvalue weighted by Gasteiger charge is 2.10. The molecule has 0 saturated heterocycles. The number of benzene rings is 1. The number of aromatic amines is 1. The van der Waals surface area contributed by atoms with Gasteiger partial charge in [0.25, 0.3) is 5.56 Å². The summed E-state index contributed by atoms with van der Waals surface area (Å²) >= 11 is 8.79. The molecule has 0 unspecified atom stereocenters. The largest absolute Gasteiger partial charge is 0.269 e. The molecule has 9 heteroatoms. The van der Waals surface area contributed by atoms with Crippen LogP contribution in [-0.4, -0.2) is 24.6 Å². The molecule has 3 heterocycles. The summed E-state index contributed by atoms with van der Waals surface area (Å²) in [6.45, 7) is 1.90. The van der Waals surface area contributed by atoms with Crippen LogP contribution >= 0.6 is 34.7 Å². The lowest BCUT2D eigenvalue weighted by Crippen LogP contribution is -2.14. The van der Waals surface area contributed by atoms with Crippen LogP contribution in [0.3, 0.4) is 0 Å². The average molecular weight is 390 g/mol. The van der Waals surface area contributed by atoms with Crippen LogP contribution in [0, 0.1) is 6.92 Å². The van der Waals surface area contributed by atoms with E-state index in [1.165, 1.54) is 23.1 Å². The standard InChI is InChI=1S/C16H12ClN5OS2/c1-9-7-25-16-18-12(6-13(23)22(9)16)8-24-15-19-14(20-21-15)10-2-4-11(17)5-3-10/h2-7H,8H2,1H3,(H,19,20,21). The maximum Gasteiger partial charge on any atom is 0.258 e. The molecular weight excluding hydrogens is 378 g/mol. The highest BCUT2D eigenvalue weighted by molar-refractivity contribution is 7.98. The summed E-state index contributed by atoms with van der Waals surface area (Å²) < 4.78 is 1.62.